The summed E-state index contributed by atoms with van der Waals surface area (Å²) in [6, 6.07) is 13.9. The normalized spacial score (nSPS) is 14.9. The number of nitrogens with zero attached hydrogens (tertiary/aromatic N) is 5. The first kappa shape index (κ1) is 23.8. The van der Waals surface area contributed by atoms with Crippen LogP contribution in [0.25, 0.3) is 11.2 Å². The van der Waals surface area contributed by atoms with Gasteiger partial charge < -0.3 is 9.88 Å². The molecule has 3 heterocycles. The Hall–Kier alpha value is -3.88. The van der Waals surface area contributed by atoms with E-state index in [4.69, 9.17) is 4.98 Å². The topological polar surface area (TPSA) is 96.8 Å². The van der Waals surface area contributed by atoms with E-state index < -0.39 is 0 Å². The van der Waals surface area contributed by atoms with Gasteiger partial charge in [-0.15, -0.1) is 5.10 Å². The van der Waals surface area contributed by atoms with Gasteiger partial charge in [-0.05, 0) is 53.6 Å². The van der Waals surface area contributed by atoms with Crippen LogP contribution in [-0.4, -0.2) is 48.9 Å². The van der Waals surface area contributed by atoms with E-state index in [1.807, 2.05) is 0 Å². The monoisotopic (exact) mass is 488 g/mol. The number of H-pyrrole nitrogens is 1. The number of hydrogen-bond donors (Lipinski definition) is 1. The molecule has 1 aliphatic rings. The van der Waals surface area contributed by atoms with Crippen LogP contribution in [0.4, 0.5) is 4.39 Å². The summed E-state index contributed by atoms with van der Waals surface area (Å²) in [6.45, 7) is 8.04. The maximum atomic E-state index is 13.2. The second-order valence-corrected chi connectivity index (χ2v) is 10.4. The average Bonchev–Trinajstić information content (AvgIpc) is 3.27. The van der Waals surface area contributed by atoms with Crippen molar-refractivity contribution in [2.45, 2.75) is 51.5 Å². The van der Waals surface area contributed by atoms with Crippen molar-refractivity contribution < 1.29 is 9.18 Å². The minimum absolute atomic E-state index is 0.00814. The Bertz CT molecular complexity index is 1440. The van der Waals surface area contributed by atoms with Crippen molar-refractivity contribution in [3.05, 3.63) is 87.2 Å². The second kappa shape index (κ2) is 9.29. The predicted octanol–water partition coefficient (Wildman–Crippen LogP) is 4.02. The Morgan fingerprint density at radius 1 is 1.06 bits per heavy atom. The smallest absolute Gasteiger partial charge is 0.281 e. The number of piperidine rings is 1. The second-order valence-electron chi connectivity index (χ2n) is 10.4. The summed E-state index contributed by atoms with van der Waals surface area (Å²) < 4.78 is 14.8. The lowest BCUT2D eigenvalue weighted by molar-refractivity contribution is 0.0711. The van der Waals surface area contributed by atoms with Crippen LogP contribution >= 0.6 is 0 Å². The molecule has 0 bridgehead atoms. The molecule has 0 saturated carbocycles. The molecule has 2 aromatic heterocycles. The summed E-state index contributed by atoms with van der Waals surface area (Å²) in [5.41, 5.74) is 3.19. The van der Waals surface area contributed by atoms with Gasteiger partial charge in [0, 0.05) is 24.6 Å². The molecule has 0 unspecified atom stereocenters. The standard InChI is InChI=1S/C27H29FN6O2/c1-27(2,3)20-8-4-17(5-9-20)16-34-24-22(31-32-34)25(35)30-23(29-24)18-12-14-33(15-13-18)26(36)19-6-10-21(28)11-7-19/h4-11,18H,12-16H2,1-3H3,(H,29,30,35). The van der Waals surface area contributed by atoms with Gasteiger partial charge in [-0.1, -0.05) is 50.3 Å². The van der Waals surface area contributed by atoms with Crippen LogP contribution in [-0.2, 0) is 12.0 Å². The van der Waals surface area contributed by atoms with Gasteiger partial charge in [0.15, 0.2) is 11.2 Å². The molecule has 1 fully saturated rings. The Morgan fingerprint density at radius 2 is 1.72 bits per heavy atom. The number of amides is 1. The molecule has 1 aliphatic heterocycles. The van der Waals surface area contributed by atoms with Crippen molar-refractivity contribution in [3.63, 3.8) is 0 Å². The van der Waals surface area contributed by atoms with Crippen molar-refractivity contribution in [2.75, 3.05) is 13.1 Å². The largest absolute Gasteiger partial charge is 0.339 e. The Kier molecular flexibility index (Phi) is 6.15. The molecule has 8 nitrogen and oxygen atoms in total. The maximum absolute atomic E-state index is 13.2. The lowest BCUT2D eigenvalue weighted by Crippen LogP contribution is -2.38. The zero-order chi connectivity index (χ0) is 25.4. The highest BCUT2D eigenvalue weighted by molar-refractivity contribution is 5.94. The number of rotatable bonds is 4. The number of hydrogen-bond acceptors (Lipinski definition) is 5. The average molecular weight is 489 g/mol. The summed E-state index contributed by atoms with van der Waals surface area (Å²) in [7, 11) is 0. The summed E-state index contributed by atoms with van der Waals surface area (Å²) in [6.07, 6.45) is 1.33. The Morgan fingerprint density at radius 3 is 2.36 bits per heavy atom. The van der Waals surface area contributed by atoms with Gasteiger partial charge >= 0.3 is 0 Å². The number of likely N-dealkylation sites (tertiary alicyclic amines) is 1. The van der Waals surface area contributed by atoms with Crippen molar-refractivity contribution in [2.24, 2.45) is 0 Å². The van der Waals surface area contributed by atoms with Crippen LogP contribution in [0.15, 0.2) is 53.3 Å². The van der Waals surface area contributed by atoms with Crippen molar-refractivity contribution in [1.29, 1.82) is 0 Å². The van der Waals surface area contributed by atoms with Crippen LogP contribution in [0.2, 0.25) is 0 Å². The molecule has 4 aromatic rings. The van der Waals surface area contributed by atoms with Gasteiger partial charge in [0.25, 0.3) is 11.5 Å². The van der Waals surface area contributed by atoms with E-state index in [9.17, 15) is 14.0 Å². The van der Waals surface area contributed by atoms with E-state index in [0.29, 0.717) is 49.5 Å². The molecule has 0 atom stereocenters. The third-order valence-electron chi connectivity index (χ3n) is 6.80. The lowest BCUT2D eigenvalue weighted by Gasteiger charge is -2.31. The van der Waals surface area contributed by atoms with Crippen molar-refractivity contribution in [3.8, 4) is 0 Å². The third-order valence-corrected chi connectivity index (χ3v) is 6.80. The SMILES string of the molecule is CC(C)(C)c1ccc(Cn2nnc3c(=O)[nH]c(C4CCN(C(=O)c5ccc(F)cc5)CC4)nc32)cc1. The van der Waals surface area contributed by atoms with E-state index in [1.54, 1.807) is 9.58 Å². The first-order valence-electron chi connectivity index (χ1n) is 12.2. The minimum Gasteiger partial charge on any atom is -0.339 e. The fourth-order valence-electron chi connectivity index (χ4n) is 4.60. The lowest BCUT2D eigenvalue weighted by atomic mass is 9.87. The molecule has 1 amide bonds. The van der Waals surface area contributed by atoms with Gasteiger partial charge in [-0.3, -0.25) is 9.59 Å². The first-order valence-corrected chi connectivity index (χ1v) is 12.2. The third kappa shape index (κ3) is 4.78. The number of aromatic amines is 1. The molecule has 0 aliphatic carbocycles. The van der Waals surface area contributed by atoms with Gasteiger partial charge in [0.2, 0.25) is 0 Å². The molecule has 0 radical (unpaired) electrons. The number of nitrogens with one attached hydrogen (secondary N) is 1. The number of carbonyl (C=O) groups excluding carboxylic acids is 1. The molecule has 0 spiro atoms. The Balaban J connectivity index is 1.32. The highest BCUT2D eigenvalue weighted by Crippen LogP contribution is 2.27. The predicted molar refractivity (Wildman–Crippen MR) is 134 cm³/mol. The van der Waals surface area contributed by atoms with Gasteiger partial charge in [-0.25, -0.2) is 14.1 Å². The van der Waals surface area contributed by atoms with E-state index >= 15 is 0 Å². The zero-order valence-corrected chi connectivity index (χ0v) is 20.7. The van der Waals surface area contributed by atoms with Gasteiger partial charge in [-0.2, -0.15) is 0 Å². The van der Waals surface area contributed by atoms with E-state index in [1.165, 1.54) is 29.8 Å². The summed E-state index contributed by atoms with van der Waals surface area (Å²) >= 11 is 0. The fraction of sp³-hybridized carbons (Fsp3) is 0.370. The molecular weight excluding hydrogens is 459 g/mol. The van der Waals surface area contributed by atoms with Crippen molar-refractivity contribution >= 4 is 17.1 Å². The molecule has 186 valence electrons. The highest BCUT2D eigenvalue weighted by Gasteiger charge is 2.27. The first-order chi connectivity index (χ1) is 17.2. The molecule has 9 heteroatoms. The van der Waals surface area contributed by atoms with Gasteiger partial charge in [0.1, 0.15) is 11.6 Å². The van der Waals surface area contributed by atoms with E-state index in [-0.39, 0.29) is 34.1 Å². The van der Waals surface area contributed by atoms with Crippen molar-refractivity contribution in [1.82, 2.24) is 29.9 Å². The van der Waals surface area contributed by atoms with Gasteiger partial charge in [0.05, 0.1) is 6.54 Å². The van der Waals surface area contributed by atoms with E-state index in [2.05, 4.69) is 60.3 Å². The summed E-state index contributed by atoms with van der Waals surface area (Å²) in [4.78, 5) is 34.9. The molecule has 5 rings (SSSR count). The van der Waals surface area contributed by atoms with E-state index in [0.717, 1.165) is 5.56 Å². The molecule has 1 saturated heterocycles. The summed E-state index contributed by atoms with van der Waals surface area (Å²) in [5.74, 6) is 0.109. The molecule has 2 aromatic carbocycles. The fourth-order valence-corrected chi connectivity index (χ4v) is 4.60. The number of carbonyl (C=O) groups is 1. The van der Waals surface area contributed by atoms with Crippen LogP contribution in [0.5, 0.6) is 0 Å². The number of benzene rings is 2. The zero-order valence-electron chi connectivity index (χ0n) is 20.7. The quantitative estimate of drug-likeness (QED) is 0.468. The maximum Gasteiger partial charge on any atom is 0.281 e. The molecule has 36 heavy (non-hydrogen) atoms. The van der Waals surface area contributed by atoms with Crippen LogP contribution in [0.3, 0.4) is 0 Å². The molecule has 1 N–H and O–H groups in total. The number of halogens is 1. The minimum atomic E-state index is -0.369. The Labute approximate surface area is 208 Å². The van der Waals surface area contributed by atoms with Crippen LogP contribution in [0, 0.1) is 5.82 Å². The van der Waals surface area contributed by atoms with Crippen LogP contribution < -0.4 is 5.56 Å². The van der Waals surface area contributed by atoms with Crippen LogP contribution in [0.1, 0.15) is 66.8 Å². The number of aromatic nitrogens is 5. The number of fused-ring (bicyclic) bond motifs is 1. The summed E-state index contributed by atoms with van der Waals surface area (Å²) in [5, 5.41) is 8.25. The highest BCUT2D eigenvalue weighted by atomic mass is 19.1. The molecular formula is C27H29FN6O2.